The topological polar surface area (TPSA) is 78.5 Å². The molecule has 0 unspecified atom stereocenters. The predicted octanol–water partition coefficient (Wildman–Crippen LogP) is 3.05. The average molecular weight is 408 g/mol. The van der Waals surface area contributed by atoms with Crippen LogP contribution in [0.3, 0.4) is 0 Å². The Morgan fingerprint density at radius 3 is 2.46 bits per heavy atom. The molecule has 0 bridgehead atoms. The summed E-state index contributed by atoms with van der Waals surface area (Å²) in [4.78, 5) is 40.2. The van der Waals surface area contributed by atoms with Crippen LogP contribution in [-0.2, 0) is 9.59 Å². The third-order valence-electron chi connectivity index (χ3n) is 4.91. The molecule has 0 spiro atoms. The maximum atomic E-state index is 12.7. The van der Waals surface area contributed by atoms with E-state index >= 15 is 0 Å². The second-order valence-corrected chi connectivity index (χ2v) is 9.62. The Balaban J connectivity index is 2.00. The van der Waals surface area contributed by atoms with E-state index in [4.69, 9.17) is 0 Å². The highest BCUT2D eigenvalue weighted by Crippen LogP contribution is 2.25. The SMILES string of the molecule is CCCNC(=O)[C@H](NC(=O)c1cccs1)C1CCN(C(=O)CC(C)(C)C)CC1. The Labute approximate surface area is 172 Å². The molecule has 2 N–H and O–H groups in total. The van der Waals surface area contributed by atoms with E-state index < -0.39 is 6.04 Å². The number of amides is 3. The zero-order chi connectivity index (χ0) is 20.7. The van der Waals surface area contributed by atoms with Crippen LogP contribution in [-0.4, -0.2) is 48.3 Å². The molecule has 3 amide bonds. The van der Waals surface area contributed by atoms with Gasteiger partial charge in [0.25, 0.3) is 5.91 Å². The van der Waals surface area contributed by atoms with E-state index in [0.717, 1.165) is 6.42 Å². The number of nitrogens with zero attached hydrogens (tertiary/aromatic N) is 1. The summed E-state index contributed by atoms with van der Waals surface area (Å²) in [7, 11) is 0. The van der Waals surface area contributed by atoms with Crippen molar-refractivity contribution >= 4 is 29.1 Å². The number of likely N-dealkylation sites (tertiary alicyclic amines) is 1. The van der Waals surface area contributed by atoms with Crippen LogP contribution in [0.4, 0.5) is 0 Å². The third-order valence-corrected chi connectivity index (χ3v) is 5.78. The van der Waals surface area contributed by atoms with Gasteiger partial charge >= 0.3 is 0 Å². The number of hydrogen-bond acceptors (Lipinski definition) is 4. The van der Waals surface area contributed by atoms with Crippen LogP contribution in [0, 0.1) is 11.3 Å². The van der Waals surface area contributed by atoms with Crippen LogP contribution in [0.2, 0.25) is 0 Å². The molecule has 2 heterocycles. The lowest BCUT2D eigenvalue weighted by atomic mass is 9.87. The summed E-state index contributed by atoms with van der Waals surface area (Å²) in [5.41, 5.74) is -0.0365. The lowest BCUT2D eigenvalue weighted by Crippen LogP contribution is -2.54. The molecule has 1 aromatic heterocycles. The molecule has 0 aromatic carbocycles. The molecule has 1 fully saturated rings. The van der Waals surface area contributed by atoms with E-state index in [0.29, 0.717) is 43.8 Å². The van der Waals surface area contributed by atoms with E-state index in [-0.39, 0.29) is 29.1 Å². The van der Waals surface area contributed by atoms with Crippen molar-refractivity contribution in [2.75, 3.05) is 19.6 Å². The summed E-state index contributed by atoms with van der Waals surface area (Å²) in [6.45, 7) is 10.0. The normalized spacial score (nSPS) is 16.5. The summed E-state index contributed by atoms with van der Waals surface area (Å²) in [6.07, 6.45) is 2.79. The molecule has 1 aliphatic heterocycles. The number of thiophene rings is 1. The van der Waals surface area contributed by atoms with E-state index in [1.807, 2.05) is 23.3 Å². The number of hydrogen-bond donors (Lipinski definition) is 2. The first-order valence-corrected chi connectivity index (χ1v) is 11.0. The standard InChI is InChI=1S/C21H33N3O3S/c1-5-10-22-20(27)18(23-19(26)16-7-6-13-28-16)15-8-11-24(12-9-15)17(25)14-21(2,3)4/h6-7,13,15,18H,5,8-12,14H2,1-4H3,(H,22,27)(H,23,26)/t18-/m1/s1. The van der Waals surface area contributed by atoms with Crippen molar-refractivity contribution in [1.29, 1.82) is 0 Å². The molecule has 2 rings (SSSR count). The Kier molecular flexibility index (Phi) is 8.04. The highest BCUT2D eigenvalue weighted by Gasteiger charge is 2.34. The molecule has 6 nitrogen and oxygen atoms in total. The molecule has 0 saturated carbocycles. The van der Waals surface area contributed by atoms with Crippen molar-refractivity contribution in [2.45, 2.75) is 59.4 Å². The van der Waals surface area contributed by atoms with Gasteiger partial charge in [-0.05, 0) is 42.0 Å². The molecule has 7 heteroatoms. The van der Waals surface area contributed by atoms with Gasteiger partial charge in [0.15, 0.2) is 0 Å². The summed E-state index contributed by atoms with van der Waals surface area (Å²) in [6, 6.07) is 3.01. The quantitative estimate of drug-likeness (QED) is 0.729. The van der Waals surface area contributed by atoms with Crippen molar-refractivity contribution < 1.29 is 14.4 Å². The summed E-state index contributed by atoms with van der Waals surface area (Å²) in [5, 5.41) is 7.70. The van der Waals surface area contributed by atoms with Gasteiger partial charge in [0.2, 0.25) is 11.8 Å². The molecule has 0 aliphatic carbocycles. The number of nitrogens with one attached hydrogen (secondary N) is 2. The van der Waals surface area contributed by atoms with Crippen molar-refractivity contribution in [3.05, 3.63) is 22.4 Å². The van der Waals surface area contributed by atoms with Crippen LogP contribution in [0.1, 0.15) is 63.0 Å². The Bertz CT molecular complexity index is 659. The van der Waals surface area contributed by atoms with E-state index in [1.54, 1.807) is 6.07 Å². The van der Waals surface area contributed by atoms with Gasteiger partial charge in [0.1, 0.15) is 6.04 Å². The molecule has 28 heavy (non-hydrogen) atoms. The fourth-order valence-corrected chi connectivity index (χ4v) is 4.05. The van der Waals surface area contributed by atoms with Gasteiger partial charge in [-0.15, -0.1) is 11.3 Å². The fourth-order valence-electron chi connectivity index (χ4n) is 3.42. The van der Waals surface area contributed by atoms with Gasteiger partial charge in [-0.25, -0.2) is 0 Å². The fraction of sp³-hybridized carbons (Fsp3) is 0.667. The second-order valence-electron chi connectivity index (χ2n) is 8.68. The van der Waals surface area contributed by atoms with Crippen molar-refractivity contribution in [3.8, 4) is 0 Å². The maximum Gasteiger partial charge on any atom is 0.262 e. The van der Waals surface area contributed by atoms with Crippen LogP contribution >= 0.6 is 11.3 Å². The van der Waals surface area contributed by atoms with Gasteiger partial charge < -0.3 is 15.5 Å². The Hall–Kier alpha value is -1.89. The van der Waals surface area contributed by atoms with Crippen LogP contribution in [0.25, 0.3) is 0 Å². The predicted molar refractivity (Wildman–Crippen MR) is 112 cm³/mol. The molecule has 0 radical (unpaired) electrons. The minimum absolute atomic E-state index is 0.0273. The van der Waals surface area contributed by atoms with Gasteiger partial charge in [0, 0.05) is 26.1 Å². The first-order valence-electron chi connectivity index (χ1n) is 10.1. The minimum atomic E-state index is -0.569. The minimum Gasteiger partial charge on any atom is -0.354 e. The second kappa shape index (κ2) is 10.0. The number of carbonyl (C=O) groups is 3. The Morgan fingerprint density at radius 2 is 1.93 bits per heavy atom. The molecule has 1 aliphatic rings. The molecule has 1 saturated heterocycles. The molecular formula is C21H33N3O3S. The van der Waals surface area contributed by atoms with Gasteiger partial charge in [-0.2, -0.15) is 0 Å². The third kappa shape index (κ3) is 6.62. The van der Waals surface area contributed by atoms with Crippen LogP contribution in [0.5, 0.6) is 0 Å². The monoisotopic (exact) mass is 407 g/mol. The lowest BCUT2D eigenvalue weighted by Gasteiger charge is -2.36. The zero-order valence-electron chi connectivity index (χ0n) is 17.4. The maximum absolute atomic E-state index is 12.7. The molecule has 156 valence electrons. The number of piperidine rings is 1. The van der Waals surface area contributed by atoms with Crippen molar-refractivity contribution in [2.24, 2.45) is 11.3 Å². The van der Waals surface area contributed by atoms with Gasteiger partial charge in [0.05, 0.1) is 4.88 Å². The summed E-state index contributed by atoms with van der Waals surface area (Å²) in [5.74, 6) is -0.149. The van der Waals surface area contributed by atoms with Gasteiger partial charge in [-0.1, -0.05) is 33.8 Å². The molecule has 1 atom stereocenters. The van der Waals surface area contributed by atoms with E-state index in [2.05, 4.69) is 31.4 Å². The van der Waals surface area contributed by atoms with Crippen LogP contribution in [0.15, 0.2) is 17.5 Å². The smallest absolute Gasteiger partial charge is 0.262 e. The van der Waals surface area contributed by atoms with E-state index in [1.165, 1.54) is 11.3 Å². The van der Waals surface area contributed by atoms with Crippen LogP contribution < -0.4 is 10.6 Å². The first-order chi connectivity index (χ1) is 13.2. The lowest BCUT2D eigenvalue weighted by molar-refractivity contribution is -0.134. The zero-order valence-corrected chi connectivity index (χ0v) is 18.2. The first kappa shape index (κ1) is 22.4. The summed E-state index contributed by atoms with van der Waals surface area (Å²) >= 11 is 1.36. The number of rotatable bonds is 7. The molecular weight excluding hydrogens is 374 g/mol. The summed E-state index contributed by atoms with van der Waals surface area (Å²) < 4.78 is 0. The van der Waals surface area contributed by atoms with Gasteiger partial charge in [-0.3, -0.25) is 14.4 Å². The average Bonchev–Trinajstić information content (AvgIpc) is 3.17. The number of carbonyl (C=O) groups excluding carboxylic acids is 3. The highest BCUT2D eigenvalue weighted by molar-refractivity contribution is 7.12. The Morgan fingerprint density at radius 1 is 1.25 bits per heavy atom. The highest BCUT2D eigenvalue weighted by atomic mass is 32.1. The van der Waals surface area contributed by atoms with E-state index in [9.17, 15) is 14.4 Å². The van der Waals surface area contributed by atoms with Crippen molar-refractivity contribution in [1.82, 2.24) is 15.5 Å². The molecule has 1 aromatic rings. The largest absolute Gasteiger partial charge is 0.354 e. The van der Waals surface area contributed by atoms with Crippen molar-refractivity contribution in [3.63, 3.8) is 0 Å².